The highest BCUT2D eigenvalue weighted by atomic mass is 32.2. The molecule has 158 valence electrons. The van der Waals surface area contributed by atoms with E-state index in [2.05, 4.69) is 25.3 Å². The lowest BCUT2D eigenvalue weighted by Crippen LogP contribution is -2.14. The number of rotatable bonds is 6. The fourth-order valence-electron chi connectivity index (χ4n) is 3.01. The third-order valence-electron chi connectivity index (χ3n) is 4.41. The van der Waals surface area contributed by atoms with E-state index in [1.807, 2.05) is 19.9 Å². The number of hydrogen-bond acceptors (Lipinski definition) is 6. The van der Waals surface area contributed by atoms with E-state index in [9.17, 15) is 12.8 Å². The number of nitrogens with one attached hydrogen (secondary N) is 2. The first-order valence-electron chi connectivity index (χ1n) is 9.34. The number of aryl methyl sites for hydroxylation is 2. The Labute approximate surface area is 178 Å². The number of benzene rings is 2. The smallest absolute Gasteiger partial charge is 0.264 e. The van der Waals surface area contributed by atoms with Crippen molar-refractivity contribution in [2.75, 3.05) is 10.0 Å². The largest absolute Gasteiger partial charge is 0.339 e. The molecule has 0 fully saturated rings. The molecule has 0 spiro atoms. The zero-order chi connectivity index (χ0) is 22.0. The molecule has 4 rings (SSSR count). The molecule has 2 heterocycles. The molecule has 0 atom stereocenters. The predicted octanol–water partition coefficient (Wildman–Crippen LogP) is 3.96. The van der Waals surface area contributed by atoms with Crippen molar-refractivity contribution >= 4 is 27.2 Å². The molecule has 2 aromatic heterocycles. The summed E-state index contributed by atoms with van der Waals surface area (Å²) < 4.78 is 42.6. The second-order valence-electron chi connectivity index (χ2n) is 6.85. The van der Waals surface area contributed by atoms with Crippen LogP contribution in [0.25, 0.3) is 5.82 Å². The van der Waals surface area contributed by atoms with E-state index in [0.29, 0.717) is 23.0 Å². The second kappa shape index (κ2) is 8.15. The van der Waals surface area contributed by atoms with Crippen molar-refractivity contribution in [3.05, 3.63) is 83.9 Å². The van der Waals surface area contributed by atoms with E-state index < -0.39 is 20.7 Å². The third kappa shape index (κ3) is 4.53. The van der Waals surface area contributed by atoms with Gasteiger partial charge in [-0.25, -0.2) is 17.5 Å². The molecule has 0 aliphatic rings. The molecule has 31 heavy (non-hydrogen) atoms. The van der Waals surface area contributed by atoms with Crippen LogP contribution in [0.1, 0.15) is 11.4 Å². The van der Waals surface area contributed by atoms with E-state index in [1.54, 1.807) is 41.1 Å². The highest BCUT2D eigenvalue weighted by Crippen LogP contribution is 2.22. The van der Waals surface area contributed by atoms with E-state index in [0.717, 1.165) is 17.5 Å². The van der Waals surface area contributed by atoms with Crippen molar-refractivity contribution in [3.8, 4) is 5.82 Å². The first-order valence-corrected chi connectivity index (χ1v) is 10.8. The maximum atomic E-state index is 13.8. The highest BCUT2D eigenvalue weighted by molar-refractivity contribution is 7.92. The van der Waals surface area contributed by atoms with Crippen LogP contribution < -0.4 is 10.0 Å². The average Bonchev–Trinajstić information content (AvgIpc) is 3.08. The van der Waals surface area contributed by atoms with Crippen LogP contribution in [-0.4, -0.2) is 28.4 Å². The van der Waals surface area contributed by atoms with Crippen LogP contribution in [0.15, 0.2) is 71.6 Å². The topological polar surface area (TPSA) is 102 Å². The van der Waals surface area contributed by atoms with Gasteiger partial charge in [0.2, 0.25) is 0 Å². The average molecular weight is 438 g/mol. The van der Waals surface area contributed by atoms with Crippen LogP contribution in [0.2, 0.25) is 0 Å². The lowest BCUT2D eigenvalue weighted by atomic mass is 10.3. The summed E-state index contributed by atoms with van der Waals surface area (Å²) in [5.74, 6) is 0.315. The fraction of sp³-hybridized carbons (Fsp3) is 0.0952. The molecule has 8 nitrogen and oxygen atoms in total. The Morgan fingerprint density at radius 2 is 1.61 bits per heavy atom. The summed E-state index contributed by atoms with van der Waals surface area (Å²) in [4.78, 5) is -0.407. The summed E-state index contributed by atoms with van der Waals surface area (Å²) in [6, 6.07) is 17.2. The summed E-state index contributed by atoms with van der Waals surface area (Å²) >= 11 is 0. The molecule has 0 unspecified atom stereocenters. The van der Waals surface area contributed by atoms with Gasteiger partial charge in [0.15, 0.2) is 11.6 Å². The molecule has 0 aliphatic carbocycles. The van der Waals surface area contributed by atoms with Crippen LogP contribution in [0.5, 0.6) is 0 Å². The fourth-order valence-corrected chi connectivity index (χ4v) is 4.15. The monoisotopic (exact) mass is 438 g/mol. The van der Waals surface area contributed by atoms with Gasteiger partial charge in [0.05, 0.1) is 5.69 Å². The minimum absolute atomic E-state index is 0.305. The van der Waals surface area contributed by atoms with Crippen LogP contribution in [0, 0.1) is 19.7 Å². The first-order chi connectivity index (χ1) is 14.8. The number of anilines is 3. The lowest BCUT2D eigenvalue weighted by Gasteiger charge is -2.10. The van der Waals surface area contributed by atoms with Gasteiger partial charge < -0.3 is 5.32 Å². The summed E-state index contributed by atoms with van der Waals surface area (Å²) in [6.07, 6.45) is 0. The number of nitrogens with zero attached hydrogens (tertiary/aromatic N) is 4. The zero-order valence-electron chi connectivity index (χ0n) is 16.7. The van der Waals surface area contributed by atoms with E-state index >= 15 is 0 Å². The van der Waals surface area contributed by atoms with Gasteiger partial charge in [0.1, 0.15) is 10.7 Å². The Kier molecular flexibility index (Phi) is 5.38. The maximum Gasteiger partial charge on any atom is 0.264 e. The molecule has 2 N–H and O–H groups in total. The van der Waals surface area contributed by atoms with Crippen LogP contribution in [-0.2, 0) is 10.0 Å². The standard InChI is InChI=1S/C21H19FN6O2S/c1-14-13-15(2)28(26-14)21-12-11-20(24-25-21)23-16-7-9-17(10-8-16)27-31(29,30)19-6-4-3-5-18(19)22/h3-13,27H,1-2H3,(H,23,24). The Morgan fingerprint density at radius 1 is 0.903 bits per heavy atom. The molecular formula is C21H19FN6O2S. The minimum Gasteiger partial charge on any atom is -0.339 e. The summed E-state index contributed by atoms with van der Waals surface area (Å²) in [5, 5.41) is 15.8. The number of aromatic nitrogens is 4. The van der Waals surface area contributed by atoms with Gasteiger partial charge >= 0.3 is 0 Å². The quantitative estimate of drug-likeness (QED) is 0.472. The summed E-state index contributed by atoms with van der Waals surface area (Å²) in [7, 11) is -4.02. The van der Waals surface area contributed by atoms with Gasteiger partial charge in [-0.2, -0.15) is 5.10 Å². The van der Waals surface area contributed by atoms with E-state index in [4.69, 9.17) is 0 Å². The molecule has 10 heteroatoms. The van der Waals surface area contributed by atoms with Crippen molar-refractivity contribution < 1.29 is 12.8 Å². The molecule has 0 aliphatic heterocycles. The second-order valence-corrected chi connectivity index (χ2v) is 8.50. The van der Waals surface area contributed by atoms with Crippen molar-refractivity contribution in [2.45, 2.75) is 18.7 Å². The van der Waals surface area contributed by atoms with Crippen LogP contribution in [0.3, 0.4) is 0 Å². The minimum atomic E-state index is -4.02. The molecule has 0 saturated heterocycles. The summed E-state index contributed by atoms with van der Waals surface area (Å²) in [6.45, 7) is 3.85. The Hall–Kier alpha value is -3.79. The summed E-state index contributed by atoms with van der Waals surface area (Å²) in [5.41, 5.74) is 2.84. The van der Waals surface area contributed by atoms with Gasteiger partial charge in [0, 0.05) is 17.1 Å². The van der Waals surface area contributed by atoms with Crippen molar-refractivity contribution in [1.29, 1.82) is 0 Å². The van der Waals surface area contributed by atoms with Gasteiger partial charge in [-0.05, 0) is 68.4 Å². The van der Waals surface area contributed by atoms with Crippen molar-refractivity contribution in [2.24, 2.45) is 0 Å². The maximum absolute atomic E-state index is 13.8. The normalized spacial score (nSPS) is 11.3. The van der Waals surface area contributed by atoms with Gasteiger partial charge in [0.25, 0.3) is 10.0 Å². The number of halogens is 1. The first kappa shape index (κ1) is 20.5. The Bertz CT molecular complexity index is 1320. The predicted molar refractivity (Wildman–Crippen MR) is 116 cm³/mol. The molecule has 2 aromatic carbocycles. The molecule has 0 bridgehead atoms. The Morgan fingerprint density at radius 3 is 2.23 bits per heavy atom. The van der Waals surface area contributed by atoms with E-state index in [1.165, 1.54) is 18.2 Å². The molecule has 0 saturated carbocycles. The molecule has 4 aromatic rings. The Balaban J connectivity index is 1.45. The van der Waals surface area contributed by atoms with Gasteiger partial charge in [-0.1, -0.05) is 12.1 Å². The lowest BCUT2D eigenvalue weighted by molar-refractivity contribution is 0.570. The molecule has 0 amide bonds. The van der Waals surface area contributed by atoms with Crippen molar-refractivity contribution in [3.63, 3.8) is 0 Å². The highest BCUT2D eigenvalue weighted by Gasteiger charge is 2.18. The molecular weight excluding hydrogens is 419 g/mol. The zero-order valence-corrected chi connectivity index (χ0v) is 17.6. The SMILES string of the molecule is Cc1cc(C)n(-c2ccc(Nc3ccc(NS(=O)(=O)c4ccccc4F)cc3)nn2)n1. The molecule has 0 radical (unpaired) electrons. The van der Waals surface area contributed by atoms with Crippen LogP contribution in [0.4, 0.5) is 21.6 Å². The van der Waals surface area contributed by atoms with Gasteiger partial charge in [-0.3, -0.25) is 4.72 Å². The number of sulfonamides is 1. The van der Waals surface area contributed by atoms with Crippen molar-refractivity contribution in [1.82, 2.24) is 20.0 Å². The van der Waals surface area contributed by atoms with Gasteiger partial charge in [-0.15, -0.1) is 10.2 Å². The number of hydrogen-bond donors (Lipinski definition) is 2. The van der Waals surface area contributed by atoms with E-state index in [-0.39, 0.29) is 0 Å². The van der Waals surface area contributed by atoms with Crippen LogP contribution >= 0.6 is 0 Å². The third-order valence-corrected chi connectivity index (χ3v) is 5.83.